The third-order valence-corrected chi connectivity index (χ3v) is 7.71. The topological polar surface area (TPSA) is 9.23 Å². The van der Waals surface area contributed by atoms with Gasteiger partial charge in [-0.1, -0.05) is 12.2 Å². The molecule has 0 bridgehead atoms. The van der Waals surface area contributed by atoms with Crippen molar-refractivity contribution >= 4 is 29.3 Å². The first-order valence-electron chi connectivity index (χ1n) is 5.00. The van der Waals surface area contributed by atoms with Crippen molar-refractivity contribution in [3.05, 3.63) is 12.2 Å². The Labute approximate surface area is 95.9 Å². The van der Waals surface area contributed by atoms with Gasteiger partial charge >= 0.3 is 6.13 Å². The summed E-state index contributed by atoms with van der Waals surface area (Å²) >= 11 is 7.17. The van der Waals surface area contributed by atoms with Crippen molar-refractivity contribution in [3.8, 4) is 0 Å². The van der Waals surface area contributed by atoms with E-state index in [9.17, 15) is 0 Å². The maximum Gasteiger partial charge on any atom is 0.415 e. The highest BCUT2D eigenvalue weighted by molar-refractivity contribution is 8.63. The van der Waals surface area contributed by atoms with Crippen molar-refractivity contribution in [1.29, 1.82) is 0 Å². The Bertz CT molecular complexity index is 292. The van der Waals surface area contributed by atoms with E-state index in [2.05, 4.69) is 20.4 Å². The predicted octanol–water partition coefficient (Wildman–Crippen LogP) is 4.03. The molecule has 1 unspecified atom stereocenters. The number of rotatable bonds is 1. The molecule has 2 rings (SSSR count). The summed E-state index contributed by atoms with van der Waals surface area (Å²) < 4.78 is 6.16. The van der Waals surface area contributed by atoms with Gasteiger partial charge in [-0.3, -0.25) is 0 Å². The minimum absolute atomic E-state index is 0.305. The van der Waals surface area contributed by atoms with Gasteiger partial charge in [-0.15, -0.1) is 0 Å². The van der Waals surface area contributed by atoms with Crippen LogP contribution in [0.2, 0.25) is 0 Å². The second kappa shape index (κ2) is 3.86. The van der Waals surface area contributed by atoms with E-state index >= 15 is 0 Å². The van der Waals surface area contributed by atoms with Crippen LogP contribution < -0.4 is 0 Å². The van der Waals surface area contributed by atoms with Crippen LogP contribution in [0.1, 0.15) is 33.1 Å². The van der Waals surface area contributed by atoms with Crippen LogP contribution in [0.5, 0.6) is 0 Å². The fraction of sp³-hybridized carbons (Fsp3) is 0.800. The standard InChI is InChI=1S/C10H16OPS2/c1-7(2)8-4-5-10(3)9(6-8)11-12(13)14-10/h8-9H,1,4-6H2,2-3H3/q+1/t8-,9+,10+/m1/s1. The maximum atomic E-state index is 5.85. The second-order valence-corrected chi connectivity index (χ2v) is 9.54. The van der Waals surface area contributed by atoms with Gasteiger partial charge in [-0.2, -0.15) is 4.52 Å². The largest absolute Gasteiger partial charge is 0.415 e. The zero-order valence-corrected chi connectivity index (χ0v) is 11.2. The average Bonchev–Trinajstić information content (AvgIpc) is 2.37. The first kappa shape index (κ1) is 11.1. The van der Waals surface area contributed by atoms with Crippen LogP contribution >= 0.6 is 17.5 Å². The highest BCUT2D eigenvalue weighted by Crippen LogP contribution is 2.63. The highest BCUT2D eigenvalue weighted by atomic mass is 32.9. The lowest BCUT2D eigenvalue weighted by atomic mass is 9.77. The van der Waals surface area contributed by atoms with Gasteiger partial charge in [0, 0.05) is 0 Å². The third-order valence-electron chi connectivity index (χ3n) is 3.36. The molecule has 1 aliphatic carbocycles. The van der Waals surface area contributed by atoms with Gasteiger partial charge < -0.3 is 0 Å². The zero-order valence-electron chi connectivity index (χ0n) is 8.66. The SMILES string of the molecule is C=C(C)[C@@H]1CC[C@]2(C)S[P+](=S)O[C@H]2C1. The highest BCUT2D eigenvalue weighted by Gasteiger charge is 2.55. The Kier molecular flexibility index (Phi) is 3.05. The molecule has 2 aliphatic rings. The van der Waals surface area contributed by atoms with Crippen molar-refractivity contribution in [1.82, 2.24) is 0 Å². The summed E-state index contributed by atoms with van der Waals surface area (Å²) in [7, 11) is 0. The molecule has 0 aromatic rings. The van der Waals surface area contributed by atoms with E-state index in [0.29, 0.717) is 16.8 Å². The number of hydrogen-bond acceptors (Lipinski definition) is 3. The molecule has 1 heterocycles. The van der Waals surface area contributed by atoms with Crippen LogP contribution in [-0.2, 0) is 16.3 Å². The van der Waals surface area contributed by atoms with Crippen molar-refractivity contribution in [2.75, 3.05) is 0 Å². The minimum Gasteiger partial charge on any atom is -0.153 e. The van der Waals surface area contributed by atoms with E-state index in [1.807, 2.05) is 11.4 Å². The Morgan fingerprint density at radius 3 is 3.07 bits per heavy atom. The van der Waals surface area contributed by atoms with Crippen molar-refractivity contribution < 1.29 is 4.52 Å². The van der Waals surface area contributed by atoms with E-state index in [-0.39, 0.29) is 0 Å². The average molecular weight is 247 g/mol. The van der Waals surface area contributed by atoms with E-state index in [1.165, 1.54) is 18.4 Å². The van der Waals surface area contributed by atoms with Crippen LogP contribution in [0.25, 0.3) is 0 Å². The lowest BCUT2D eigenvalue weighted by Gasteiger charge is -2.34. The number of fused-ring (bicyclic) bond motifs is 1. The summed E-state index contributed by atoms with van der Waals surface area (Å²) in [6, 6.07) is 0. The molecule has 0 aromatic carbocycles. The Morgan fingerprint density at radius 1 is 1.71 bits per heavy atom. The zero-order chi connectivity index (χ0) is 10.3. The second-order valence-electron chi connectivity index (χ2n) is 4.54. The summed E-state index contributed by atoms with van der Waals surface area (Å²) in [6.45, 7) is 8.49. The van der Waals surface area contributed by atoms with Gasteiger partial charge in [0.1, 0.15) is 17.5 Å². The van der Waals surface area contributed by atoms with Crippen LogP contribution in [0.4, 0.5) is 0 Å². The fourth-order valence-corrected chi connectivity index (χ4v) is 7.64. The summed E-state index contributed by atoms with van der Waals surface area (Å²) in [4.78, 5) is 0. The summed E-state index contributed by atoms with van der Waals surface area (Å²) in [5.74, 6) is 0.658. The smallest absolute Gasteiger partial charge is 0.153 e. The van der Waals surface area contributed by atoms with Crippen LogP contribution in [0.15, 0.2) is 12.2 Å². The van der Waals surface area contributed by atoms with Crippen molar-refractivity contribution in [2.45, 2.75) is 44.0 Å². The number of hydrogen-bond donors (Lipinski definition) is 0. The molecular weight excluding hydrogens is 231 g/mol. The normalized spacial score (nSPS) is 44.9. The van der Waals surface area contributed by atoms with Crippen molar-refractivity contribution in [3.63, 3.8) is 0 Å². The van der Waals surface area contributed by atoms with Crippen LogP contribution in [-0.4, -0.2) is 10.9 Å². The predicted molar refractivity (Wildman–Crippen MR) is 67.3 cm³/mol. The fourth-order valence-electron chi connectivity index (χ4n) is 2.25. The molecule has 2 fully saturated rings. The summed E-state index contributed by atoms with van der Waals surface area (Å²) in [5.41, 5.74) is 1.31. The van der Waals surface area contributed by atoms with E-state index < -0.39 is 6.13 Å². The molecular formula is C10H16OPS2+. The molecule has 0 amide bonds. The van der Waals surface area contributed by atoms with Crippen molar-refractivity contribution in [2.24, 2.45) is 5.92 Å². The Hall–Kier alpha value is 0.570. The quantitative estimate of drug-likeness (QED) is 0.511. The molecule has 0 spiro atoms. The molecule has 1 saturated heterocycles. The molecule has 1 saturated carbocycles. The lowest BCUT2D eigenvalue weighted by Crippen LogP contribution is -2.39. The first-order chi connectivity index (χ1) is 6.51. The van der Waals surface area contributed by atoms with Crippen LogP contribution in [0, 0.1) is 5.92 Å². The van der Waals surface area contributed by atoms with E-state index in [4.69, 9.17) is 16.3 Å². The molecule has 4 heteroatoms. The van der Waals surface area contributed by atoms with Gasteiger partial charge in [0.05, 0.1) is 4.75 Å². The molecule has 78 valence electrons. The van der Waals surface area contributed by atoms with Crippen LogP contribution in [0.3, 0.4) is 0 Å². The lowest BCUT2D eigenvalue weighted by molar-refractivity contribution is 0.130. The van der Waals surface area contributed by atoms with Gasteiger partial charge in [-0.05, 0) is 39.0 Å². The Balaban J connectivity index is 2.11. The van der Waals surface area contributed by atoms with Gasteiger partial charge in [0.2, 0.25) is 11.8 Å². The Morgan fingerprint density at radius 2 is 2.43 bits per heavy atom. The van der Waals surface area contributed by atoms with E-state index in [1.54, 1.807) is 0 Å². The molecule has 4 atom stereocenters. The minimum atomic E-state index is -0.632. The monoisotopic (exact) mass is 247 g/mol. The summed E-state index contributed by atoms with van der Waals surface area (Å²) in [6.07, 6.45) is 3.38. The van der Waals surface area contributed by atoms with Gasteiger partial charge in [0.25, 0.3) is 0 Å². The van der Waals surface area contributed by atoms with Gasteiger partial charge in [-0.25, -0.2) is 0 Å². The third kappa shape index (κ3) is 1.92. The molecule has 1 aliphatic heterocycles. The maximum absolute atomic E-state index is 5.85. The molecule has 0 N–H and O–H groups in total. The van der Waals surface area contributed by atoms with E-state index in [0.717, 1.165) is 6.42 Å². The molecule has 14 heavy (non-hydrogen) atoms. The molecule has 0 radical (unpaired) electrons. The molecule has 1 nitrogen and oxygen atoms in total. The first-order valence-corrected chi connectivity index (χ1v) is 8.69. The van der Waals surface area contributed by atoms with Gasteiger partial charge in [0.15, 0.2) is 0 Å². The summed E-state index contributed by atoms with van der Waals surface area (Å²) in [5, 5.41) is 0. The molecule has 0 aromatic heterocycles. The number of allylic oxidation sites excluding steroid dienone is 1.